The monoisotopic (exact) mass is 205 g/mol. The SMILES string of the molecule is COc1ccc(C2CCC(C)CC2)cn1. The van der Waals surface area contributed by atoms with Crippen LogP contribution >= 0.6 is 0 Å². The van der Waals surface area contributed by atoms with Crippen LogP contribution in [0.4, 0.5) is 0 Å². The van der Waals surface area contributed by atoms with Gasteiger partial charge >= 0.3 is 0 Å². The second-order valence-corrected chi connectivity index (χ2v) is 4.59. The maximum atomic E-state index is 5.06. The second kappa shape index (κ2) is 4.65. The number of ether oxygens (including phenoxy) is 1. The molecule has 0 spiro atoms. The minimum absolute atomic E-state index is 0.711. The van der Waals surface area contributed by atoms with Crippen LogP contribution in [0.25, 0.3) is 0 Å². The summed E-state index contributed by atoms with van der Waals surface area (Å²) < 4.78 is 5.06. The molecule has 0 saturated heterocycles. The van der Waals surface area contributed by atoms with Crippen molar-refractivity contribution >= 4 is 0 Å². The normalized spacial score (nSPS) is 26.3. The Hall–Kier alpha value is -1.05. The third kappa shape index (κ3) is 2.49. The van der Waals surface area contributed by atoms with Gasteiger partial charge in [0.1, 0.15) is 0 Å². The molecule has 0 radical (unpaired) electrons. The molecule has 15 heavy (non-hydrogen) atoms. The van der Waals surface area contributed by atoms with Crippen molar-refractivity contribution in [1.29, 1.82) is 0 Å². The van der Waals surface area contributed by atoms with Gasteiger partial charge in [-0.1, -0.05) is 25.8 Å². The molecular formula is C13H19NO. The van der Waals surface area contributed by atoms with E-state index in [2.05, 4.69) is 18.0 Å². The fraction of sp³-hybridized carbons (Fsp3) is 0.615. The van der Waals surface area contributed by atoms with Crippen molar-refractivity contribution < 1.29 is 4.74 Å². The van der Waals surface area contributed by atoms with Gasteiger partial charge < -0.3 is 4.74 Å². The number of pyridine rings is 1. The molecule has 0 N–H and O–H groups in total. The topological polar surface area (TPSA) is 22.1 Å². The molecule has 2 heteroatoms. The molecule has 1 aromatic rings. The minimum atomic E-state index is 0.711. The fourth-order valence-corrected chi connectivity index (χ4v) is 2.35. The van der Waals surface area contributed by atoms with Crippen LogP contribution in [0, 0.1) is 5.92 Å². The van der Waals surface area contributed by atoms with Gasteiger partial charge in [0.15, 0.2) is 0 Å². The Morgan fingerprint density at radius 2 is 1.93 bits per heavy atom. The Labute approximate surface area is 91.7 Å². The summed E-state index contributed by atoms with van der Waals surface area (Å²) in [4.78, 5) is 4.27. The lowest BCUT2D eigenvalue weighted by molar-refractivity contribution is 0.346. The maximum absolute atomic E-state index is 5.06. The van der Waals surface area contributed by atoms with Gasteiger partial charge in [-0.05, 0) is 30.2 Å². The predicted molar refractivity (Wildman–Crippen MR) is 61.2 cm³/mol. The molecule has 1 fully saturated rings. The minimum Gasteiger partial charge on any atom is -0.481 e. The van der Waals surface area contributed by atoms with Gasteiger partial charge in [-0.25, -0.2) is 4.98 Å². The summed E-state index contributed by atoms with van der Waals surface area (Å²) in [5, 5.41) is 0. The number of rotatable bonds is 2. The van der Waals surface area contributed by atoms with E-state index in [-0.39, 0.29) is 0 Å². The lowest BCUT2D eigenvalue weighted by Crippen LogP contribution is -2.10. The highest BCUT2D eigenvalue weighted by Crippen LogP contribution is 2.35. The van der Waals surface area contributed by atoms with Gasteiger partial charge in [0.25, 0.3) is 0 Å². The van der Waals surface area contributed by atoms with Crippen molar-refractivity contribution in [2.45, 2.75) is 38.5 Å². The van der Waals surface area contributed by atoms with Crippen molar-refractivity contribution in [3.63, 3.8) is 0 Å². The lowest BCUT2D eigenvalue weighted by atomic mass is 9.80. The number of methoxy groups -OCH3 is 1. The Morgan fingerprint density at radius 3 is 2.47 bits per heavy atom. The molecule has 0 aliphatic heterocycles. The van der Waals surface area contributed by atoms with E-state index >= 15 is 0 Å². The summed E-state index contributed by atoms with van der Waals surface area (Å²) >= 11 is 0. The van der Waals surface area contributed by atoms with E-state index < -0.39 is 0 Å². The van der Waals surface area contributed by atoms with E-state index in [1.54, 1.807) is 7.11 Å². The molecule has 0 aromatic carbocycles. The van der Waals surface area contributed by atoms with E-state index in [4.69, 9.17) is 4.74 Å². The molecule has 1 heterocycles. The van der Waals surface area contributed by atoms with E-state index in [1.807, 2.05) is 12.3 Å². The summed E-state index contributed by atoms with van der Waals surface area (Å²) in [6.07, 6.45) is 7.32. The van der Waals surface area contributed by atoms with Crippen LogP contribution in [-0.2, 0) is 0 Å². The zero-order chi connectivity index (χ0) is 10.7. The third-order valence-corrected chi connectivity index (χ3v) is 3.46. The molecule has 0 atom stereocenters. The molecule has 2 rings (SSSR count). The van der Waals surface area contributed by atoms with Crippen molar-refractivity contribution in [3.05, 3.63) is 23.9 Å². The maximum Gasteiger partial charge on any atom is 0.212 e. The summed E-state index contributed by atoms with van der Waals surface area (Å²) in [7, 11) is 1.66. The first-order valence-corrected chi connectivity index (χ1v) is 5.79. The Kier molecular flexibility index (Phi) is 3.24. The smallest absolute Gasteiger partial charge is 0.212 e. The van der Waals surface area contributed by atoms with Gasteiger partial charge in [-0.2, -0.15) is 0 Å². The van der Waals surface area contributed by atoms with Crippen molar-refractivity contribution in [3.8, 4) is 5.88 Å². The third-order valence-electron chi connectivity index (χ3n) is 3.46. The molecule has 1 aliphatic carbocycles. The average molecular weight is 205 g/mol. The second-order valence-electron chi connectivity index (χ2n) is 4.59. The summed E-state index contributed by atoms with van der Waals surface area (Å²) in [5.74, 6) is 2.34. The molecule has 2 nitrogen and oxygen atoms in total. The first kappa shape index (κ1) is 10.5. The molecule has 0 unspecified atom stereocenters. The molecule has 0 amide bonds. The van der Waals surface area contributed by atoms with Gasteiger partial charge in [-0.3, -0.25) is 0 Å². The molecular weight excluding hydrogens is 186 g/mol. The Balaban J connectivity index is 2.03. The van der Waals surface area contributed by atoms with Crippen LogP contribution < -0.4 is 4.74 Å². The summed E-state index contributed by atoms with van der Waals surface area (Å²) in [6, 6.07) is 4.12. The first-order valence-electron chi connectivity index (χ1n) is 5.79. The molecule has 82 valence electrons. The highest BCUT2D eigenvalue weighted by Gasteiger charge is 2.19. The number of hydrogen-bond donors (Lipinski definition) is 0. The van der Waals surface area contributed by atoms with Crippen LogP contribution in [0.5, 0.6) is 5.88 Å². The largest absolute Gasteiger partial charge is 0.481 e. The van der Waals surface area contributed by atoms with Crippen LogP contribution in [0.15, 0.2) is 18.3 Å². The van der Waals surface area contributed by atoms with Crippen LogP contribution in [0.3, 0.4) is 0 Å². The van der Waals surface area contributed by atoms with E-state index in [1.165, 1.54) is 31.2 Å². The van der Waals surface area contributed by atoms with Crippen LogP contribution in [0.1, 0.15) is 44.1 Å². The summed E-state index contributed by atoms with van der Waals surface area (Å²) in [5.41, 5.74) is 1.38. The van der Waals surface area contributed by atoms with E-state index in [0.29, 0.717) is 5.88 Å². The Morgan fingerprint density at radius 1 is 1.20 bits per heavy atom. The van der Waals surface area contributed by atoms with Gasteiger partial charge in [-0.15, -0.1) is 0 Å². The molecule has 1 aromatic heterocycles. The van der Waals surface area contributed by atoms with Gasteiger partial charge in [0, 0.05) is 12.3 Å². The number of hydrogen-bond acceptors (Lipinski definition) is 2. The number of aromatic nitrogens is 1. The fourth-order valence-electron chi connectivity index (χ4n) is 2.35. The highest BCUT2D eigenvalue weighted by molar-refractivity contribution is 5.21. The van der Waals surface area contributed by atoms with Crippen LogP contribution in [-0.4, -0.2) is 12.1 Å². The summed E-state index contributed by atoms with van der Waals surface area (Å²) in [6.45, 7) is 2.35. The van der Waals surface area contributed by atoms with Gasteiger partial charge in [0.05, 0.1) is 7.11 Å². The van der Waals surface area contributed by atoms with Crippen molar-refractivity contribution in [1.82, 2.24) is 4.98 Å². The quantitative estimate of drug-likeness (QED) is 0.738. The highest BCUT2D eigenvalue weighted by atomic mass is 16.5. The average Bonchev–Trinajstić information content (AvgIpc) is 2.30. The molecule has 1 saturated carbocycles. The molecule has 1 aliphatic rings. The van der Waals surface area contributed by atoms with Crippen LogP contribution in [0.2, 0.25) is 0 Å². The Bertz CT molecular complexity index is 299. The number of nitrogens with zero attached hydrogens (tertiary/aromatic N) is 1. The van der Waals surface area contributed by atoms with Crippen molar-refractivity contribution in [2.24, 2.45) is 5.92 Å². The first-order chi connectivity index (χ1) is 7.29. The molecule has 0 bridgehead atoms. The van der Waals surface area contributed by atoms with Crippen molar-refractivity contribution in [2.75, 3.05) is 7.11 Å². The lowest BCUT2D eigenvalue weighted by Gasteiger charge is -2.26. The standard InChI is InChI=1S/C13H19NO/c1-10-3-5-11(6-4-10)12-7-8-13(15-2)14-9-12/h7-11H,3-6H2,1-2H3. The van der Waals surface area contributed by atoms with Gasteiger partial charge in [0.2, 0.25) is 5.88 Å². The predicted octanol–water partition coefficient (Wildman–Crippen LogP) is 3.38. The van der Waals surface area contributed by atoms with E-state index in [0.717, 1.165) is 11.8 Å². The zero-order valence-corrected chi connectivity index (χ0v) is 9.57. The van der Waals surface area contributed by atoms with E-state index in [9.17, 15) is 0 Å². The zero-order valence-electron chi connectivity index (χ0n) is 9.57.